The fourth-order valence-electron chi connectivity index (χ4n) is 3.18. The van der Waals surface area contributed by atoms with E-state index in [4.69, 9.17) is 9.84 Å². The first-order valence-corrected chi connectivity index (χ1v) is 8.57. The molecule has 0 aliphatic carbocycles. The van der Waals surface area contributed by atoms with Crippen LogP contribution in [-0.2, 0) is 22.4 Å². The van der Waals surface area contributed by atoms with Crippen molar-refractivity contribution >= 4 is 12.0 Å². The predicted molar refractivity (Wildman–Crippen MR) is 93.0 cm³/mol. The zero-order chi connectivity index (χ0) is 19.6. The highest BCUT2D eigenvalue weighted by molar-refractivity contribution is 5.94. The Labute approximate surface area is 155 Å². The van der Waals surface area contributed by atoms with Crippen molar-refractivity contribution in [2.45, 2.75) is 25.8 Å². The quantitative estimate of drug-likeness (QED) is 0.869. The first-order chi connectivity index (χ1) is 12.9. The van der Waals surface area contributed by atoms with E-state index in [2.05, 4.69) is 0 Å². The molecule has 0 unspecified atom stereocenters. The molecule has 0 bridgehead atoms. The molecule has 27 heavy (non-hydrogen) atoms. The molecule has 0 spiro atoms. The van der Waals surface area contributed by atoms with Gasteiger partial charge in [0.15, 0.2) is 17.4 Å². The third-order valence-electron chi connectivity index (χ3n) is 4.55. The Morgan fingerprint density at radius 2 is 1.85 bits per heavy atom. The summed E-state index contributed by atoms with van der Waals surface area (Å²) in [6, 6.07) is 10.9. The highest BCUT2D eigenvalue weighted by atomic mass is 19.1. The van der Waals surface area contributed by atoms with Crippen LogP contribution in [-0.4, -0.2) is 34.7 Å². The number of carbonyl (C=O) groups is 2. The zero-order valence-electron chi connectivity index (χ0n) is 14.7. The van der Waals surface area contributed by atoms with Gasteiger partial charge in [-0.15, -0.1) is 0 Å². The van der Waals surface area contributed by atoms with Crippen LogP contribution >= 0.6 is 0 Å². The predicted octanol–water partition coefficient (Wildman–Crippen LogP) is 3.44. The minimum atomic E-state index is -1.09. The molecule has 1 fully saturated rings. The van der Waals surface area contributed by atoms with Crippen LogP contribution in [0.2, 0.25) is 0 Å². The van der Waals surface area contributed by atoms with E-state index >= 15 is 0 Å². The molecule has 2 atom stereocenters. The monoisotopic (exact) mass is 375 g/mol. The van der Waals surface area contributed by atoms with Crippen LogP contribution < -0.4 is 0 Å². The standard InChI is InChI=1S/C20H19F2NO4/c1-12(7-14-9-16(21)18(24)17(22)10-14)19(25)23-15(11-27-20(23)26)8-13-5-3-2-4-6-13/h2-6,9-10,12,15,24H,7-8,11H2,1H3/t12-,15+/m0/s1. The molecule has 0 saturated carbocycles. The summed E-state index contributed by atoms with van der Waals surface area (Å²) in [5.74, 6) is -4.40. The van der Waals surface area contributed by atoms with Crippen LogP contribution in [0.1, 0.15) is 18.1 Å². The molecule has 1 aliphatic heterocycles. The molecule has 1 N–H and O–H groups in total. The lowest BCUT2D eigenvalue weighted by Gasteiger charge is -2.23. The molecule has 0 radical (unpaired) electrons. The molecule has 0 aromatic heterocycles. The number of carbonyl (C=O) groups excluding carboxylic acids is 2. The van der Waals surface area contributed by atoms with Gasteiger partial charge in [-0.25, -0.2) is 18.5 Å². The lowest BCUT2D eigenvalue weighted by molar-refractivity contribution is -0.132. The van der Waals surface area contributed by atoms with E-state index in [1.54, 1.807) is 6.92 Å². The van der Waals surface area contributed by atoms with Crippen molar-refractivity contribution in [1.29, 1.82) is 0 Å². The van der Waals surface area contributed by atoms with Crippen LogP contribution in [0.25, 0.3) is 0 Å². The number of halogens is 2. The van der Waals surface area contributed by atoms with Crippen molar-refractivity contribution in [2.24, 2.45) is 5.92 Å². The summed E-state index contributed by atoms with van der Waals surface area (Å²) in [5.41, 5.74) is 1.18. The van der Waals surface area contributed by atoms with E-state index in [9.17, 15) is 18.4 Å². The number of phenols is 1. The van der Waals surface area contributed by atoms with Gasteiger partial charge in [0.25, 0.3) is 0 Å². The van der Waals surface area contributed by atoms with Gasteiger partial charge in [0.1, 0.15) is 6.61 Å². The fraction of sp³-hybridized carbons (Fsp3) is 0.300. The Hall–Kier alpha value is -2.96. The average Bonchev–Trinajstić information content (AvgIpc) is 3.00. The molecule has 5 nitrogen and oxygen atoms in total. The van der Waals surface area contributed by atoms with Crippen LogP contribution in [0.5, 0.6) is 5.75 Å². The Morgan fingerprint density at radius 3 is 2.48 bits per heavy atom. The van der Waals surface area contributed by atoms with Crippen LogP contribution in [0.4, 0.5) is 13.6 Å². The molecule has 3 rings (SSSR count). The lowest BCUT2D eigenvalue weighted by atomic mass is 9.98. The molecule has 1 aliphatic rings. The van der Waals surface area contributed by atoms with Gasteiger partial charge in [-0.05, 0) is 36.1 Å². The Kier molecular flexibility index (Phi) is 5.39. The molecule has 2 aromatic rings. The summed E-state index contributed by atoms with van der Waals surface area (Å²) in [7, 11) is 0. The first-order valence-electron chi connectivity index (χ1n) is 8.57. The van der Waals surface area contributed by atoms with Crippen molar-refractivity contribution in [3.63, 3.8) is 0 Å². The number of hydrogen-bond donors (Lipinski definition) is 1. The third kappa shape index (κ3) is 4.07. The van der Waals surface area contributed by atoms with E-state index < -0.39 is 41.3 Å². The second-order valence-electron chi connectivity index (χ2n) is 6.64. The smallest absolute Gasteiger partial charge is 0.416 e. The molecular formula is C20H19F2NO4. The number of phenolic OH excluding ortho intramolecular Hbond substituents is 1. The molecule has 2 aromatic carbocycles. The molecule has 7 heteroatoms. The summed E-state index contributed by atoms with van der Waals surface area (Å²) in [6.07, 6.45) is -0.224. The number of amides is 2. The number of nitrogens with zero attached hydrogens (tertiary/aromatic N) is 1. The van der Waals surface area contributed by atoms with Gasteiger partial charge >= 0.3 is 6.09 Å². The number of ether oxygens (including phenoxy) is 1. The zero-order valence-corrected chi connectivity index (χ0v) is 14.7. The number of hydrogen-bond acceptors (Lipinski definition) is 4. The highest BCUT2D eigenvalue weighted by Crippen LogP contribution is 2.25. The van der Waals surface area contributed by atoms with E-state index in [-0.39, 0.29) is 18.6 Å². The van der Waals surface area contributed by atoms with E-state index in [1.807, 2.05) is 30.3 Å². The van der Waals surface area contributed by atoms with Crippen molar-refractivity contribution in [3.8, 4) is 5.75 Å². The molecule has 142 valence electrons. The second kappa shape index (κ2) is 7.73. The first kappa shape index (κ1) is 18.8. The average molecular weight is 375 g/mol. The fourth-order valence-corrected chi connectivity index (χ4v) is 3.18. The van der Waals surface area contributed by atoms with Gasteiger partial charge in [0.05, 0.1) is 6.04 Å². The normalized spacial score (nSPS) is 17.7. The van der Waals surface area contributed by atoms with Gasteiger partial charge in [-0.2, -0.15) is 0 Å². The maximum Gasteiger partial charge on any atom is 0.416 e. The van der Waals surface area contributed by atoms with Gasteiger partial charge in [-0.1, -0.05) is 37.3 Å². The number of imide groups is 1. The van der Waals surface area contributed by atoms with E-state index in [1.165, 1.54) is 0 Å². The van der Waals surface area contributed by atoms with Crippen molar-refractivity contribution in [2.75, 3.05) is 6.61 Å². The Morgan fingerprint density at radius 1 is 1.22 bits per heavy atom. The summed E-state index contributed by atoms with van der Waals surface area (Å²) < 4.78 is 32.0. The lowest BCUT2D eigenvalue weighted by Crippen LogP contribution is -2.43. The maximum absolute atomic E-state index is 13.5. The number of benzene rings is 2. The van der Waals surface area contributed by atoms with Crippen LogP contribution in [0.3, 0.4) is 0 Å². The second-order valence-corrected chi connectivity index (χ2v) is 6.64. The number of aromatic hydroxyl groups is 1. The Balaban J connectivity index is 1.73. The van der Waals surface area contributed by atoms with Gasteiger partial charge in [0, 0.05) is 5.92 Å². The van der Waals surface area contributed by atoms with Gasteiger partial charge in [0.2, 0.25) is 5.91 Å². The number of rotatable bonds is 5. The van der Waals surface area contributed by atoms with Crippen LogP contribution in [0.15, 0.2) is 42.5 Å². The van der Waals surface area contributed by atoms with Gasteiger partial charge in [-0.3, -0.25) is 4.79 Å². The number of cyclic esters (lactones) is 1. The summed E-state index contributed by atoms with van der Waals surface area (Å²) in [6.45, 7) is 1.69. The highest BCUT2D eigenvalue weighted by Gasteiger charge is 2.39. The summed E-state index contributed by atoms with van der Waals surface area (Å²) in [5, 5.41) is 9.17. The van der Waals surface area contributed by atoms with E-state index in [0.29, 0.717) is 6.42 Å². The third-order valence-corrected chi connectivity index (χ3v) is 4.55. The van der Waals surface area contributed by atoms with Crippen LogP contribution in [0, 0.1) is 17.6 Å². The topological polar surface area (TPSA) is 66.8 Å². The SMILES string of the molecule is C[C@@H](Cc1cc(F)c(O)c(F)c1)C(=O)N1C(=O)OC[C@H]1Cc1ccccc1. The van der Waals surface area contributed by atoms with E-state index in [0.717, 1.165) is 22.6 Å². The van der Waals surface area contributed by atoms with Crippen molar-refractivity contribution < 1.29 is 28.2 Å². The Bertz CT molecular complexity index is 833. The molecule has 1 saturated heterocycles. The minimum Gasteiger partial charge on any atom is -0.503 e. The molecule has 2 amide bonds. The summed E-state index contributed by atoms with van der Waals surface area (Å²) >= 11 is 0. The van der Waals surface area contributed by atoms with Crippen molar-refractivity contribution in [3.05, 3.63) is 65.2 Å². The summed E-state index contributed by atoms with van der Waals surface area (Å²) in [4.78, 5) is 25.9. The molecular weight excluding hydrogens is 356 g/mol. The maximum atomic E-state index is 13.5. The van der Waals surface area contributed by atoms with Crippen molar-refractivity contribution in [1.82, 2.24) is 4.90 Å². The molecule has 1 heterocycles. The largest absolute Gasteiger partial charge is 0.503 e. The van der Waals surface area contributed by atoms with Gasteiger partial charge < -0.3 is 9.84 Å². The minimum absolute atomic E-state index is 0.0226.